The van der Waals surface area contributed by atoms with Crippen molar-refractivity contribution in [3.05, 3.63) is 39.9 Å². The molecular formula is C19H28N4O3. The summed E-state index contributed by atoms with van der Waals surface area (Å²) in [5, 5.41) is 17.7. The van der Waals surface area contributed by atoms with Crippen molar-refractivity contribution in [2.75, 3.05) is 13.2 Å². The molecule has 1 heterocycles. The SMILES string of the molecule is O=[N+]([O-])c1ccc(CN=C(NCC2CCCO2)NC2CCCCC2)cc1. The van der Waals surface area contributed by atoms with Gasteiger partial charge in [-0.3, -0.25) is 10.1 Å². The molecule has 1 aliphatic carbocycles. The zero-order valence-corrected chi connectivity index (χ0v) is 15.2. The smallest absolute Gasteiger partial charge is 0.269 e. The van der Waals surface area contributed by atoms with Gasteiger partial charge in [0, 0.05) is 31.3 Å². The van der Waals surface area contributed by atoms with Crippen LogP contribution < -0.4 is 10.6 Å². The highest BCUT2D eigenvalue weighted by Crippen LogP contribution is 2.18. The summed E-state index contributed by atoms with van der Waals surface area (Å²) in [6.45, 7) is 2.10. The van der Waals surface area contributed by atoms with Crippen molar-refractivity contribution in [2.24, 2.45) is 4.99 Å². The van der Waals surface area contributed by atoms with Crippen LogP contribution in [0.15, 0.2) is 29.3 Å². The molecule has 0 bridgehead atoms. The van der Waals surface area contributed by atoms with Crippen LogP contribution in [-0.4, -0.2) is 36.2 Å². The molecule has 1 atom stereocenters. The molecule has 2 N–H and O–H groups in total. The molecule has 0 radical (unpaired) electrons. The van der Waals surface area contributed by atoms with E-state index in [1.165, 1.54) is 44.2 Å². The topological polar surface area (TPSA) is 88.8 Å². The van der Waals surface area contributed by atoms with Crippen molar-refractivity contribution >= 4 is 11.6 Å². The van der Waals surface area contributed by atoms with Gasteiger partial charge in [0.1, 0.15) is 0 Å². The number of nitrogens with zero attached hydrogens (tertiary/aromatic N) is 2. The van der Waals surface area contributed by atoms with Gasteiger partial charge in [0.15, 0.2) is 5.96 Å². The molecule has 2 aliphatic rings. The average molecular weight is 360 g/mol. The third-order valence-corrected chi connectivity index (χ3v) is 5.03. The van der Waals surface area contributed by atoms with E-state index < -0.39 is 0 Å². The van der Waals surface area contributed by atoms with Gasteiger partial charge in [-0.2, -0.15) is 0 Å². The number of nitrogens with one attached hydrogen (secondary N) is 2. The summed E-state index contributed by atoms with van der Waals surface area (Å²) >= 11 is 0. The van der Waals surface area contributed by atoms with E-state index in [0.717, 1.165) is 37.5 Å². The van der Waals surface area contributed by atoms with Crippen molar-refractivity contribution in [2.45, 2.75) is 63.6 Å². The number of nitro benzene ring substituents is 1. The van der Waals surface area contributed by atoms with E-state index in [4.69, 9.17) is 9.73 Å². The summed E-state index contributed by atoms with van der Waals surface area (Å²) in [4.78, 5) is 15.1. The normalized spacial score (nSPS) is 21.5. The van der Waals surface area contributed by atoms with Gasteiger partial charge in [-0.05, 0) is 31.2 Å². The molecule has 0 spiro atoms. The van der Waals surface area contributed by atoms with Crippen LogP contribution in [-0.2, 0) is 11.3 Å². The first kappa shape index (κ1) is 18.6. The number of hydrogen-bond acceptors (Lipinski definition) is 4. The van der Waals surface area contributed by atoms with Crippen LogP contribution in [0.5, 0.6) is 0 Å². The maximum Gasteiger partial charge on any atom is 0.269 e. The Bertz CT molecular complexity index is 606. The van der Waals surface area contributed by atoms with Gasteiger partial charge in [0.25, 0.3) is 5.69 Å². The van der Waals surface area contributed by atoms with Crippen molar-refractivity contribution < 1.29 is 9.66 Å². The summed E-state index contributed by atoms with van der Waals surface area (Å²) in [5.74, 6) is 0.811. The van der Waals surface area contributed by atoms with Crippen molar-refractivity contribution in [3.8, 4) is 0 Å². The summed E-state index contributed by atoms with van der Waals surface area (Å²) in [5.41, 5.74) is 1.06. The Morgan fingerprint density at radius 1 is 1.15 bits per heavy atom. The molecule has 0 amide bonds. The van der Waals surface area contributed by atoms with Crippen molar-refractivity contribution in [1.29, 1.82) is 0 Å². The predicted octanol–water partition coefficient (Wildman–Crippen LogP) is 3.14. The quantitative estimate of drug-likeness (QED) is 0.352. The maximum atomic E-state index is 10.8. The fraction of sp³-hybridized carbons (Fsp3) is 0.632. The number of guanidine groups is 1. The summed E-state index contributed by atoms with van der Waals surface area (Å²) in [7, 11) is 0. The Morgan fingerprint density at radius 2 is 1.92 bits per heavy atom. The molecule has 7 heteroatoms. The minimum Gasteiger partial charge on any atom is -0.376 e. The number of rotatable bonds is 6. The number of nitro groups is 1. The largest absolute Gasteiger partial charge is 0.376 e. The van der Waals surface area contributed by atoms with Crippen molar-refractivity contribution in [1.82, 2.24) is 10.6 Å². The lowest BCUT2D eigenvalue weighted by Crippen LogP contribution is -2.46. The molecule has 26 heavy (non-hydrogen) atoms. The molecule has 2 fully saturated rings. The summed E-state index contributed by atoms with van der Waals surface area (Å²) in [6, 6.07) is 7.05. The van der Waals surface area contributed by atoms with Crippen LogP contribution in [0.1, 0.15) is 50.5 Å². The molecule has 3 rings (SSSR count). The van der Waals surface area contributed by atoms with Gasteiger partial charge in [-0.25, -0.2) is 4.99 Å². The van der Waals surface area contributed by atoms with Crippen LogP contribution in [0.2, 0.25) is 0 Å². The standard InChI is InChI=1S/C19H28N4O3/c24-23(25)17-10-8-15(9-11-17)13-20-19(21-14-18-7-4-12-26-18)22-16-5-2-1-3-6-16/h8-11,16,18H,1-7,12-14H2,(H2,20,21,22). The monoisotopic (exact) mass is 360 g/mol. The van der Waals surface area contributed by atoms with E-state index in [2.05, 4.69) is 10.6 Å². The fourth-order valence-electron chi connectivity index (χ4n) is 3.50. The maximum absolute atomic E-state index is 10.8. The van der Waals surface area contributed by atoms with E-state index in [1.807, 2.05) is 0 Å². The molecule has 7 nitrogen and oxygen atoms in total. The van der Waals surface area contributed by atoms with Crippen molar-refractivity contribution in [3.63, 3.8) is 0 Å². The first-order chi connectivity index (χ1) is 12.7. The van der Waals surface area contributed by atoms with E-state index in [9.17, 15) is 10.1 Å². The number of aliphatic imine (C=N–C) groups is 1. The molecule has 1 aromatic rings. The molecule has 1 aromatic carbocycles. The Kier molecular flexibility index (Phi) is 6.82. The molecule has 1 saturated carbocycles. The highest BCUT2D eigenvalue weighted by molar-refractivity contribution is 5.80. The third-order valence-electron chi connectivity index (χ3n) is 5.03. The number of non-ortho nitro benzene ring substituents is 1. The summed E-state index contributed by atoms with van der Waals surface area (Å²) < 4.78 is 5.68. The molecular weight excluding hydrogens is 332 g/mol. The molecule has 0 aromatic heterocycles. The van der Waals surface area contributed by atoms with Crippen LogP contribution in [0.4, 0.5) is 5.69 Å². The minimum absolute atomic E-state index is 0.106. The number of hydrogen-bond donors (Lipinski definition) is 2. The Balaban J connectivity index is 1.59. The molecule has 1 aliphatic heterocycles. The second-order valence-corrected chi connectivity index (χ2v) is 7.08. The average Bonchev–Trinajstić information content (AvgIpc) is 3.19. The zero-order chi connectivity index (χ0) is 18.2. The first-order valence-corrected chi connectivity index (χ1v) is 9.60. The van der Waals surface area contributed by atoms with E-state index in [1.54, 1.807) is 12.1 Å². The Labute approximate surface area is 154 Å². The molecule has 1 saturated heterocycles. The van der Waals surface area contributed by atoms with Gasteiger partial charge < -0.3 is 15.4 Å². The minimum atomic E-state index is -0.383. The molecule has 142 valence electrons. The van der Waals surface area contributed by atoms with Crippen LogP contribution in [0.3, 0.4) is 0 Å². The third kappa shape index (κ3) is 5.69. The lowest BCUT2D eigenvalue weighted by molar-refractivity contribution is -0.384. The van der Waals surface area contributed by atoms with E-state index in [-0.39, 0.29) is 16.7 Å². The van der Waals surface area contributed by atoms with Gasteiger partial charge in [-0.1, -0.05) is 31.4 Å². The zero-order valence-electron chi connectivity index (χ0n) is 15.2. The highest BCUT2D eigenvalue weighted by atomic mass is 16.6. The number of ether oxygens (including phenoxy) is 1. The van der Waals surface area contributed by atoms with Gasteiger partial charge in [0.2, 0.25) is 0 Å². The summed E-state index contributed by atoms with van der Waals surface area (Å²) in [6.07, 6.45) is 8.67. The lowest BCUT2D eigenvalue weighted by Gasteiger charge is -2.25. The van der Waals surface area contributed by atoms with Crippen LogP contribution in [0, 0.1) is 10.1 Å². The Morgan fingerprint density at radius 3 is 2.58 bits per heavy atom. The van der Waals surface area contributed by atoms with Gasteiger partial charge in [-0.15, -0.1) is 0 Å². The predicted molar refractivity (Wildman–Crippen MR) is 101 cm³/mol. The van der Waals surface area contributed by atoms with Crippen LogP contribution in [0.25, 0.3) is 0 Å². The second-order valence-electron chi connectivity index (χ2n) is 7.08. The fourth-order valence-corrected chi connectivity index (χ4v) is 3.50. The van der Waals surface area contributed by atoms with E-state index >= 15 is 0 Å². The Hall–Kier alpha value is -2.15. The first-order valence-electron chi connectivity index (χ1n) is 9.60. The van der Waals surface area contributed by atoms with Gasteiger partial charge >= 0.3 is 0 Å². The number of benzene rings is 1. The van der Waals surface area contributed by atoms with Gasteiger partial charge in [0.05, 0.1) is 17.6 Å². The van der Waals surface area contributed by atoms with Crippen LogP contribution >= 0.6 is 0 Å². The molecule has 1 unspecified atom stereocenters. The highest BCUT2D eigenvalue weighted by Gasteiger charge is 2.18. The second kappa shape index (κ2) is 9.52. The van der Waals surface area contributed by atoms with E-state index in [0.29, 0.717) is 12.6 Å². The lowest BCUT2D eigenvalue weighted by atomic mass is 9.96.